The second kappa shape index (κ2) is 40.7. The number of nitrogens with zero attached hydrogens (tertiary/aromatic N) is 1. The number of carbonyl (C=O) groups is 1. The van der Waals surface area contributed by atoms with E-state index >= 15 is 0 Å². The fraction of sp³-hybridized carbons (Fsp3) is 0.729. The fourth-order valence-electron chi connectivity index (χ4n) is 5.79. The molecule has 0 aliphatic heterocycles. The number of likely N-dealkylation sites (N-methyl/N-ethyl adjacent to an activating group) is 1. The monoisotopic (exact) mass is 821 g/mol. The molecule has 0 heterocycles. The van der Waals surface area contributed by atoms with Gasteiger partial charge in [-0.3, -0.25) is 13.8 Å². The fourth-order valence-corrected chi connectivity index (χ4v) is 6.53. The normalized spacial score (nSPS) is 14.4. The van der Waals surface area contributed by atoms with Crippen LogP contribution < -0.4 is 0 Å². The minimum Gasteiger partial charge on any atom is -0.457 e. The van der Waals surface area contributed by atoms with E-state index in [-0.39, 0.29) is 25.8 Å². The molecule has 330 valence electrons. The van der Waals surface area contributed by atoms with Crippen LogP contribution in [-0.4, -0.2) is 75.6 Å². The van der Waals surface area contributed by atoms with Crippen molar-refractivity contribution in [2.75, 3.05) is 54.1 Å². The maximum atomic E-state index is 12.7. The molecule has 2 atom stereocenters. The van der Waals surface area contributed by atoms with Crippen LogP contribution in [0.1, 0.15) is 168 Å². The zero-order chi connectivity index (χ0) is 42.0. The Balaban J connectivity index is 4.21. The number of unbranched alkanes of at least 4 members (excludes halogenated alkanes) is 15. The summed E-state index contributed by atoms with van der Waals surface area (Å²) in [5.41, 5.74) is 0. The lowest BCUT2D eigenvalue weighted by atomic mass is 10.1. The molecular weight excluding hydrogens is 734 g/mol. The van der Waals surface area contributed by atoms with E-state index in [2.05, 4.69) is 86.8 Å². The summed E-state index contributed by atoms with van der Waals surface area (Å²) in [7, 11) is 1.64. The average Bonchev–Trinajstić information content (AvgIpc) is 3.16. The van der Waals surface area contributed by atoms with Gasteiger partial charge in [0.1, 0.15) is 19.3 Å². The second-order valence-electron chi connectivity index (χ2n) is 16.1. The van der Waals surface area contributed by atoms with Gasteiger partial charge in [0.05, 0.1) is 34.4 Å². The Kier molecular flexibility index (Phi) is 39.2. The molecule has 0 aliphatic carbocycles. The van der Waals surface area contributed by atoms with E-state index in [0.29, 0.717) is 24.1 Å². The highest BCUT2D eigenvalue weighted by atomic mass is 31.2. The maximum Gasteiger partial charge on any atom is 0.472 e. The van der Waals surface area contributed by atoms with E-state index in [1.165, 1.54) is 64.2 Å². The van der Waals surface area contributed by atoms with Gasteiger partial charge in [-0.15, -0.1) is 0 Å². The largest absolute Gasteiger partial charge is 0.472 e. The lowest BCUT2D eigenvalue weighted by Crippen LogP contribution is -2.37. The Hall–Kier alpha value is -2.06. The van der Waals surface area contributed by atoms with E-state index < -0.39 is 13.9 Å². The van der Waals surface area contributed by atoms with Crippen LogP contribution in [0.15, 0.2) is 72.9 Å². The van der Waals surface area contributed by atoms with Crippen LogP contribution in [0.5, 0.6) is 0 Å². The SMILES string of the molecule is CC/C=C\C/C=C\C/C=C\C/C=C\C/C=C\C/C=C\CCCCCCCOCC(COP(=O)(O)OCC[N+](C)(C)C)OC(=O)CCCCCCCCCCCCC. The highest BCUT2D eigenvalue weighted by Gasteiger charge is 2.26. The number of esters is 1. The zero-order valence-electron chi connectivity index (χ0n) is 37.3. The first-order chi connectivity index (χ1) is 27.6. The summed E-state index contributed by atoms with van der Waals surface area (Å²) in [4.78, 5) is 22.8. The molecule has 0 bridgehead atoms. The van der Waals surface area contributed by atoms with Crippen molar-refractivity contribution in [2.24, 2.45) is 0 Å². The van der Waals surface area contributed by atoms with Crippen molar-refractivity contribution in [3.05, 3.63) is 72.9 Å². The van der Waals surface area contributed by atoms with Gasteiger partial charge in [0.2, 0.25) is 0 Å². The van der Waals surface area contributed by atoms with Gasteiger partial charge in [0, 0.05) is 13.0 Å². The first-order valence-corrected chi connectivity index (χ1v) is 24.2. The zero-order valence-corrected chi connectivity index (χ0v) is 38.2. The summed E-state index contributed by atoms with van der Waals surface area (Å²) in [6, 6.07) is 0. The van der Waals surface area contributed by atoms with Crippen LogP contribution in [-0.2, 0) is 27.9 Å². The number of hydrogen-bond donors (Lipinski definition) is 1. The summed E-state index contributed by atoms with van der Waals surface area (Å²) in [6.07, 6.45) is 52.2. The van der Waals surface area contributed by atoms with Gasteiger partial charge in [-0.2, -0.15) is 0 Å². The first-order valence-electron chi connectivity index (χ1n) is 22.7. The molecule has 57 heavy (non-hydrogen) atoms. The predicted molar refractivity (Wildman–Crippen MR) is 242 cm³/mol. The topological polar surface area (TPSA) is 91.3 Å². The molecule has 0 spiro atoms. The van der Waals surface area contributed by atoms with Crippen LogP contribution in [0.3, 0.4) is 0 Å². The van der Waals surface area contributed by atoms with E-state index in [1.54, 1.807) is 0 Å². The first kappa shape index (κ1) is 54.9. The highest BCUT2D eigenvalue weighted by Crippen LogP contribution is 2.43. The molecule has 9 heteroatoms. The summed E-state index contributed by atoms with van der Waals surface area (Å²) < 4.78 is 35.0. The molecule has 0 aromatic heterocycles. The maximum absolute atomic E-state index is 12.7. The van der Waals surface area contributed by atoms with Crippen molar-refractivity contribution in [1.82, 2.24) is 0 Å². The molecule has 0 saturated carbocycles. The molecule has 0 amide bonds. The van der Waals surface area contributed by atoms with E-state index in [1.807, 2.05) is 21.1 Å². The van der Waals surface area contributed by atoms with Crippen molar-refractivity contribution in [1.29, 1.82) is 0 Å². The van der Waals surface area contributed by atoms with E-state index in [0.717, 1.165) is 83.5 Å². The standard InChI is InChI=1S/C48H86NO7P/c1-6-8-10-12-14-16-18-19-20-21-22-23-24-25-26-27-28-29-30-32-34-36-38-40-43-53-45-47(46-55-57(51,52)54-44-42-49(3,4)5)56-48(50)41-39-37-35-33-31-17-15-13-11-9-7-2/h8,10,14,16,19-20,22-23,25-26,28-29,47H,6-7,9,11-13,15,17-18,21,24,27,30-46H2,1-5H3/p+1/b10-8-,16-14-,20-19-,23-22-,26-25-,29-28-. The van der Waals surface area contributed by atoms with Crippen LogP contribution in [0.25, 0.3) is 0 Å². The Bertz CT molecular complexity index is 1140. The van der Waals surface area contributed by atoms with E-state index in [4.69, 9.17) is 18.5 Å². The van der Waals surface area contributed by atoms with Gasteiger partial charge in [0.15, 0.2) is 0 Å². The number of phosphoric ester groups is 1. The lowest BCUT2D eigenvalue weighted by molar-refractivity contribution is -0.870. The third kappa shape index (κ3) is 44.9. The number of rotatable bonds is 41. The Morgan fingerprint density at radius 2 is 1.02 bits per heavy atom. The number of quaternary nitrogens is 1. The molecule has 0 aliphatic rings. The third-order valence-corrected chi connectivity index (χ3v) is 10.3. The summed E-state index contributed by atoms with van der Waals surface area (Å²) >= 11 is 0. The Morgan fingerprint density at radius 3 is 1.53 bits per heavy atom. The smallest absolute Gasteiger partial charge is 0.457 e. The quantitative estimate of drug-likeness (QED) is 0.0216. The molecular formula is C48H87NO7P+. The van der Waals surface area contributed by atoms with Crippen molar-refractivity contribution < 1.29 is 37.3 Å². The molecule has 8 nitrogen and oxygen atoms in total. The summed E-state index contributed by atoms with van der Waals surface area (Å²) in [6.45, 7) is 5.44. The van der Waals surface area contributed by atoms with Gasteiger partial charge in [-0.25, -0.2) is 4.57 Å². The summed E-state index contributed by atoms with van der Waals surface area (Å²) in [5.74, 6) is -0.325. The average molecular weight is 821 g/mol. The van der Waals surface area contributed by atoms with Crippen LogP contribution in [0, 0.1) is 0 Å². The number of ether oxygens (including phenoxy) is 2. The van der Waals surface area contributed by atoms with Gasteiger partial charge in [0.25, 0.3) is 0 Å². The van der Waals surface area contributed by atoms with Gasteiger partial charge < -0.3 is 18.9 Å². The molecule has 0 rings (SSSR count). The Morgan fingerprint density at radius 1 is 0.561 bits per heavy atom. The molecule has 0 fully saturated rings. The molecule has 2 unspecified atom stereocenters. The minimum atomic E-state index is -4.28. The van der Waals surface area contributed by atoms with Crippen molar-refractivity contribution in [3.63, 3.8) is 0 Å². The Labute approximate surface area is 351 Å². The van der Waals surface area contributed by atoms with Crippen molar-refractivity contribution >= 4 is 13.8 Å². The second-order valence-corrected chi connectivity index (χ2v) is 17.5. The van der Waals surface area contributed by atoms with Crippen LogP contribution in [0.4, 0.5) is 0 Å². The third-order valence-electron chi connectivity index (χ3n) is 9.28. The number of allylic oxidation sites excluding steroid dienone is 12. The number of carbonyl (C=O) groups excluding carboxylic acids is 1. The number of hydrogen-bond acceptors (Lipinski definition) is 6. The van der Waals surface area contributed by atoms with Gasteiger partial charge in [-0.05, 0) is 64.2 Å². The molecule has 0 saturated heterocycles. The van der Waals surface area contributed by atoms with Crippen molar-refractivity contribution in [2.45, 2.75) is 174 Å². The van der Waals surface area contributed by atoms with Crippen LogP contribution in [0.2, 0.25) is 0 Å². The molecule has 0 aromatic carbocycles. The van der Waals surface area contributed by atoms with Gasteiger partial charge >= 0.3 is 13.8 Å². The highest BCUT2D eigenvalue weighted by molar-refractivity contribution is 7.47. The van der Waals surface area contributed by atoms with Gasteiger partial charge in [-0.1, -0.05) is 170 Å². The van der Waals surface area contributed by atoms with E-state index in [9.17, 15) is 14.3 Å². The lowest BCUT2D eigenvalue weighted by Gasteiger charge is -2.24. The predicted octanol–water partition coefficient (Wildman–Crippen LogP) is 13.5. The minimum absolute atomic E-state index is 0.0818. The van der Waals surface area contributed by atoms with Crippen LogP contribution >= 0.6 is 7.82 Å². The molecule has 0 aromatic rings. The summed E-state index contributed by atoms with van der Waals surface area (Å²) in [5, 5.41) is 0. The number of phosphoric acid groups is 1. The molecule has 1 N–H and O–H groups in total. The molecule has 0 radical (unpaired) electrons. The van der Waals surface area contributed by atoms with Crippen molar-refractivity contribution in [3.8, 4) is 0 Å².